The molecule has 85 heavy (non-hydrogen) atoms. The summed E-state index contributed by atoms with van der Waals surface area (Å²) in [7, 11) is 1.18. The van der Waals surface area contributed by atoms with Crippen molar-refractivity contribution in [3.63, 3.8) is 0 Å². The predicted molar refractivity (Wildman–Crippen MR) is 365 cm³/mol. The van der Waals surface area contributed by atoms with Gasteiger partial charge in [0.25, 0.3) is 7.82 Å². The zero-order chi connectivity index (χ0) is 61.9. The van der Waals surface area contributed by atoms with Gasteiger partial charge in [0.1, 0.15) is 19.8 Å². The molecule has 0 saturated heterocycles. The Morgan fingerprint density at radius 1 is 0.376 bits per heavy atom. The van der Waals surface area contributed by atoms with E-state index in [1.807, 2.05) is 21.1 Å². The number of allylic oxidation sites excluding steroid dienone is 10. The fraction of sp³-hybridized carbons (Fsp3) is 0.840. The lowest BCUT2D eigenvalue weighted by Gasteiger charge is -2.28. The fourth-order valence-corrected chi connectivity index (χ4v) is 11.5. The minimum Gasteiger partial charge on any atom is -0.756 e. The lowest BCUT2D eigenvalue weighted by atomic mass is 10.0. The molecule has 0 amide bonds. The number of unbranched alkanes of at least 4 members (excludes halogenated alkanes) is 44. The van der Waals surface area contributed by atoms with Crippen LogP contribution in [0.4, 0.5) is 0 Å². The average Bonchev–Trinajstić information content (AvgIpc) is 3.50. The van der Waals surface area contributed by atoms with Gasteiger partial charge < -0.3 is 27.9 Å². The van der Waals surface area contributed by atoms with Gasteiger partial charge in [-0.25, -0.2) is 0 Å². The largest absolute Gasteiger partial charge is 0.756 e. The first-order valence-electron chi connectivity index (χ1n) is 36.5. The molecule has 0 aliphatic rings. The molecule has 0 aliphatic heterocycles. The topological polar surface area (TPSA) is 111 Å². The van der Waals surface area contributed by atoms with Gasteiger partial charge in [0, 0.05) is 12.8 Å². The van der Waals surface area contributed by atoms with Crippen LogP contribution in [0.5, 0.6) is 0 Å². The van der Waals surface area contributed by atoms with Gasteiger partial charge in [0.15, 0.2) is 6.10 Å². The third kappa shape index (κ3) is 70.7. The summed E-state index contributed by atoms with van der Waals surface area (Å²) in [5.74, 6) is -0.818. The first kappa shape index (κ1) is 82.7. The Balaban J connectivity index is 3.98. The Bertz CT molecular complexity index is 1620. The molecule has 0 heterocycles. The van der Waals surface area contributed by atoms with E-state index in [1.165, 1.54) is 250 Å². The van der Waals surface area contributed by atoms with Crippen molar-refractivity contribution < 1.29 is 42.1 Å². The smallest absolute Gasteiger partial charge is 0.306 e. The van der Waals surface area contributed by atoms with Crippen LogP contribution < -0.4 is 4.89 Å². The highest BCUT2D eigenvalue weighted by atomic mass is 31.2. The van der Waals surface area contributed by atoms with Crippen LogP contribution >= 0.6 is 7.82 Å². The van der Waals surface area contributed by atoms with E-state index < -0.39 is 26.5 Å². The SMILES string of the molecule is CC/C=C\C/C=C\C/C=C\C/C=C\C/C=C\CCCCCCCCCCCCCCCC(=O)OC(COC(=O)CCCCCCCCCCCCCCCCCCCCCCCCCCCCCCCCCC)COP(=O)([O-])OCC[N+](C)(C)C. The molecule has 0 radical (unpaired) electrons. The van der Waals surface area contributed by atoms with Gasteiger partial charge in [-0.1, -0.05) is 344 Å². The summed E-state index contributed by atoms with van der Waals surface area (Å²) in [6.45, 7) is 4.19. The maximum Gasteiger partial charge on any atom is 0.306 e. The molecule has 2 unspecified atom stereocenters. The molecule has 498 valence electrons. The lowest BCUT2D eigenvalue weighted by molar-refractivity contribution is -0.870. The Hall–Kier alpha value is -2.29. The molecule has 0 aromatic carbocycles. The molecule has 0 fully saturated rings. The van der Waals surface area contributed by atoms with E-state index in [9.17, 15) is 19.0 Å². The van der Waals surface area contributed by atoms with Crippen molar-refractivity contribution in [2.24, 2.45) is 0 Å². The summed E-state index contributed by atoms with van der Waals surface area (Å²) < 4.78 is 34.4. The van der Waals surface area contributed by atoms with Gasteiger partial charge >= 0.3 is 11.9 Å². The highest BCUT2D eigenvalue weighted by Crippen LogP contribution is 2.38. The summed E-state index contributed by atoms with van der Waals surface area (Å²) >= 11 is 0. The lowest BCUT2D eigenvalue weighted by Crippen LogP contribution is -2.37. The standard InChI is InChI=1S/C75H140NO8P/c1-6-8-10-12-14-16-18-20-22-24-26-28-30-32-34-36-37-38-40-41-43-45-47-49-51-53-55-57-59-61-63-65-67-74(77)81-71-73(72-83-85(79,80)82-70-69-76(3,4)5)84-75(78)68-66-64-62-60-58-56-54-52-50-48-46-44-42-39-35-33-31-29-27-25-23-21-19-17-15-13-11-9-7-2/h9,11,15,17,21,23,27,29,33,35,73H,6-8,10,12-14,16,18-20,22,24-26,28,30-32,34,36-72H2,1-5H3/b11-9-,17-15-,23-21-,29-27-,35-33-. The quantitative estimate of drug-likeness (QED) is 0.0195. The normalized spacial score (nSPS) is 13.4. The molecular formula is C75H140NO8P. The second-order valence-electron chi connectivity index (χ2n) is 25.9. The number of ether oxygens (including phenoxy) is 2. The minimum atomic E-state index is -4.64. The van der Waals surface area contributed by atoms with E-state index in [4.69, 9.17) is 18.5 Å². The van der Waals surface area contributed by atoms with Crippen LogP contribution in [-0.2, 0) is 32.7 Å². The van der Waals surface area contributed by atoms with E-state index in [0.29, 0.717) is 17.4 Å². The average molecular weight is 1210 g/mol. The number of esters is 2. The highest BCUT2D eigenvalue weighted by Gasteiger charge is 2.22. The second-order valence-corrected chi connectivity index (χ2v) is 27.3. The Morgan fingerprint density at radius 3 is 1.00 bits per heavy atom. The molecule has 10 heteroatoms. The van der Waals surface area contributed by atoms with Crippen molar-refractivity contribution in [3.05, 3.63) is 60.8 Å². The number of nitrogens with zero attached hydrogens (tertiary/aromatic N) is 1. The number of quaternary nitrogens is 1. The van der Waals surface area contributed by atoms with Crippen molar-refractivity contribution in [1.82, 2.24) is 0 Å². The third-order valence-electron chi connectivity index (χ3n) is 16.3. The van der Waals surface area contributed by atoms with E-state index >= 15 is 0 Å². The number of carbonyl (C=O) groups excluding carboxylic acids is 2. The summed E-state index contributed by atoms with van der Waals surface area (Å²) in [6.07, 6.45) is 87.5. The molecule has 0 spiro atoms. The summed E-state index contributed by atoms with van der Waals surface area (Å²) in [6, 6.07) is 0. The molecule has 0 N–H and O–H groups in total. The van der Waals surface area contributed by atoms with Crippen LogP contribution in [0.2, 0.25) is 0 Å². The fourth-order valence-electron chi connectivity index (χ4n) is 10.7. The van der Waals surface area contributed by atoms with Gasteiger partial charge in [-0.15, -0.1) is 0 Å². The number of carbonyl (C=O) groups is 2. The molecule has 0 saturated carbocycles. The van der Waals surface area contributed by atoms with E-state index in [0.717, 1.165) is 70.6 Å². The number of hydrogen-bond acceptors (Lipinski definition) is 8. The van der Waals surface area contributed by atoms with Gasteiger partial charge in [0.05, 0.1) is 27.7 Å². The van der Waals surface area contributed by atoms with Gasteiger partial charge in [-0.05, 0) is 57.8 Å². The highest BCUT2D eigenvalue weighted by molar-refractivity contribution is 7.45. The molecule has 2 atom stereocenters. The number of phosphoric acid groups is 1. The number of likely N-dealkylation sites (N-methyl/N-ethyl adjacent to an activating group) is 1. The summed E-state index contributed by atoms with van der Waals surface area (Å²) in [5.41, 5.74) is 0. The maximum absolute atomic E-state index is 12.9. The van der Waals surface area contributed by atoms with Crippen LogP contribution in [0.25, 0.3) is 0 Å². The summed E-state index contributed by atoms with van der Waals surface area (Å²) in [5, 5.41) is 0. The molecular weight excluding hydrogens is 1070 g/mol. The van der Waals surface area contributed by atoms with Crippen LogP contribution in [0.3, 0.4) is 0 Å². The third-order valence-corrected chi connectivity index (χ3v) is 17.3. The Morgan fingerprint density at radius 2 is 0.671 bits per heavy atom. The Labute approximate surface area is 527 Å². The van der Waals surface area contributed by atoms with Crippen molar-refractivity contribution >= 4 is 19.8 Å². The second kappa shape index (κ2) is 66.1. The van der Waals surface area contributed by atoms with Gasteiger partial charge in [-0.2, -0.15) is 0 Å². The van der Waals surface area contributed by atoms with Crippen molar-refractivity contribution in [2.45, 2.75) is 360 Å². The summed E-state index contributed by atoms with van der Waals surface area (Å²) in [4.78, 5) is 38.1. The molecule has 0 bridgehead atoms. The molecule has 0 aliphatic carbocycles. The number of hydrogen-bond donors (Lipinski definition) is 0. The van der Waals surface area contributed by atoms with Crippen LogP contribution in [0, 0.1) is 0 Å². The monoisotopic (exact) mass is 1210 g/mol. The molecule has 9 nitrogen and oxygen atoms in total. The van der Waals surface area contributed by atoms with Crippen molar-refractivity contribution in [1.29, 1.82) is 0 Å². The first-order valence-corrected chi connectivity index (χ1v) is 38.0. The first-order chi connectivity index (χ1) is 41.5. The van der Waals surface area contributed by atoms with Crippen LogP contribution in [0.1, 0.15) is 354 Å². The van der Waals surface area contributed by atoms with E-state index in [1.54, 1.807) is 0 Å². The maximum atomic E-state index is 12.9. The Kier molecular flexibility index (Phi) is 64.4. The van der Waals surface area contributed by atoms with Crippen molar-refractivity contribution in [3.8, 4) is 0 Å². The van der Waals surface area contributed by atoms with Gasteiger partial charge in [0.2, 0.25) is 0 Å². The predicted octanol–water partition coefficient (Wildman–Crippen LogP) is 23.1. The zero-order valence-electron chi connectivity index (χ0n) is 56.8. The molecule has 0 rings (SSSR count). The number of phosphoric ester groups is 1. The zero-order valence-corrected chi connectivity index (χ0v) is 57.7. The molecule has 0 aromatic heterocycles. The van der Waals surface area contributed by atoms with E-state index in [2.05, 4.69) is 74.6 Å². The van der Waals surface area contributed by atoms with Crippen LogP contribution in [0.15, 0.2) is 60.8 Å². The van der Waals surface area contributed by atoms with Crippen molar-refractivity contribution in [2.75, 3.05) is 47.5 Å². The van der Waals surface area contributed by atoms with Crippen LogP contribution in [-0.4, -0.2) is 70.0 Å². The minimum absolute atomic E-state index is 0.0304. The number of rotatable bonds is 68. The van der Waals surface area contributed by atoms with Gasteiger partial charge in [-0.3, -0.25) is 14.2 Å². The molecule has 0 aromatic rings. The van der Waals surface area contributed by atoms with E-state index in [-0.39, 0.29) is 32.0 Å².